The van der Waals surface area contributed by atoms with Gasteiger partial charge in [-0.1, -0.05) is 41.5 Å². The number of aliphatic hydroxyl groups is 2. The van der Waals surface area contributed by atoms with Crippen molar-refractivity contribution in [2.75, 3.05) is 0 Å². The summed E-state index contributed by atoms with van der Waals surface area (Å²) in [5.74, 6) is 12.1. The van der Waals surface area contributed by atoms with E-state index in [1.807, 2.05) is 27.7 Å². The highest BCUT2D eigenvalue weighted by molar-refractivity contribution is 5.81. The number of hydrogen-bond acceptors (Lipinski definition) is 6. The van der Waals surface area contributed by atoms with Crippen molar-refractivity contribution < 1.29 is 29.4 Å². The molecule has 0 radical (unpaired) electrons. The minimum absolute atomic E-state index is 0.0490. The maximum atomic E-state index is 12.2. The number of fused-ring (bicyclic) bond motifs is 15. The third-order valence-electron chi connectivity index (χ3n) is 27.5. The van der Waals surface area contributed by atoms with Crippen LogP contribution in [0, 0.1) is 121 Å². The van der Waals surface area contributed by atoms with E-state index in [0.717, 1.165) is 123 Å². The maximum absolute atomic E-state index is 12.2. The predicted octanol–water partition coefficient (Wildman–Crippen LogP) is 14.4. The van der Waals surface area contributed by atoms with E-state index in [9.17, 15) is 29.4 Å². The van der Waals surface area contributed by atoms with Crippen LogP contribution in [0.1, 0.15) is 243 Å². The fourth-order valence-electron chi connectivity index (χ4n) is 23.7. The zero-order chi connectivity index (χ0) is 50.1. The molecular weight excluding hydrogens is 865 g/mol. The van der Waals surface area contributed by atoms with Gasteiger partial charge < -0.3 is 10.2 Å². The van der Waals surface area contributed by atoms with Gasteiger partial charge in [0, 0.05) is 30.6 Å². The topological polar surface area (TPSA) is 109 Å². The number of carbonyl (C=O) groups is 4. The summed E-state index contributed by atoms with van der Waals surface area (Å²) in [6.07, 6.45) is 31.9. The highest BCUT2D eigenvalue weighted by atomic mass is 16.3. The van der Waals surface area contributed by atoms with Crippen LogP contribution in [0.15, 0.2) is 0 Å². The molecule has 6 nitrogen and oxygen atoms in total. The lowest BCUT2D eigenvalue weighted by Crippen LogP contribution is -2.55. The second-order valence-corrected chi connectivity index (χ2v) is 30.2. The quantitative estimate of drug-likeness (QED) is 0.292. The summed E-state index contributed by atoms with van der Waals surface area (Å²) in [7, 11) is 0. The first-order chi connectivity index (χ1) is 32.9. The molecule has 12 aliphatic rings. The van der Waals surface area contributed by atoms with Gasteiger partial charge in [0.1, 0.15) is 23.1 Å². The predicted molar refractivity (Wildman–Crippen MR) is 279 cm³/mol. The molecule has 12 saturated carbocycles. The van der Waals surface area contributed by atoms with E-state index in [2.05, 4.69) is 41.5 Å². The minimum Gasteiger partial charge on any atom is -0.393 e. The Morgan fingerprint density at radius 3 is 1.23 bits per heavy atom. The van der Waals surface area contributed by atoms with Crippen LogP contribution in [-0.4, -0.2) is 45.1 Å². The van der Waals surface area contributed by atoms with Gasteiger partial charge in [0.15, 0.2) is 0 Å². The Balaban J connectivity index is 0.000000122. The average molecular weight is 968 g/mol. The summed E-state index contributed by atoms with van der Waals surface area (Å²) < 4.78 is 0. The second-order valence-electron chi connectivity index (χ2n) is 30.2. The first-order valence-corrected chi connectivity index (χ1v) is 30.3. The Hall–Kier alpha value is -1.40. The summed E-state index contributed by atoms with van der Waals surface area (Å²) in [6, 6.07) is 0. The molecule has 12 aliphatic carbocycles. The lowest BCUT2D eigenvalue weighted by Gasteiger charge is -2.61. The molecule has 12 rings (SSSR count). The number of rotatable bonds is 3. The van der Waals surface area contributed by atoms with Gasteiger partial charge in [-0.05, 0) is 292 Å². The van der Waals surface area contributed by atoms with E-state index in [1.165, 1.54) is 109 Å². The SMILES string of the molecule is CC(=O)C1CC[C@H]2[C@@H]3CC[C@H]4C[C@H](O)CC[C@]4(C)[C@H]3CC[C@]12C.CC(=O)[C@H]1CC[C@H]2[C@@H]3CC[C@H]4CC(=O)CC[C@]4(C)[C@H]3CC[C@]12C.CC(=O)[C@H]1CC[C@H]2[C@@H]3CC[C@H]4C[C@](C)(O)CC[C@]4(C)[C@H]3CC[C@]12C. The van der Waals surface area contributed by atoms with Crippen molar-refractivity contribution in [3.63, 3.8) is 0 Å². The lowest BCUT2D eigenvalue weighted by atomic mass is 9.44. The third-order valence-corrected chi connectivity index (χ3v) is 27.5. The van der Waals surface area contributed by atoms with Gasteiger partial charge in [-0.3, -0.25) is 19.2 Å². The van der Waals surface area contributed by atoms with Gasteiger partial charge in [-0.15, -0.1) is 0 Å². The summed E-state index contributed by atoms with van der Waals surface area (Å²) in [5, 5.41) is 20.7. The number of ketones is 4. The number of carbonyl (C=O) groups excluding carboxylic acids is 4. The molecule has 0 bridgehead atoms. The second kappa shape index (κ2) is 18.4. The molecule has 0 spiro atoms. The van der Waals surface area contributed by atoms with Crippen LogP contribution in [-0.2, 0) is 19.2 Å². The summed E-state index contributed by atoms with van der Waals surface area (Å²) >= 11 is 0. The Morgan fingerprint density at radius 2 is 0.786 bits per heavy atom. The fraction of sp³-hybridized carbons (Fsp3) is 0.938. The van der Waals surface area contributed by atoms with Crippen LogP contribution in [0.25, 0.3) is 0 Å². The van der Waals surface area contributed by atoms with Crippen LogP contribution in [0.2, 0.25) is 0 Å². The van der Waals surface area contributed by atoms with Crippen LogP contribution >= 0.6 is 0 Å². The monoisotopic (exact) mass is 967 g/mol. The van der Waals surface area contributed by atoms with Gasteiger partial charge in [0.25, 0.3) is 0 Å². The molecule has 23 atom stereocenters. The van der Waals surface area contributed by atoms with Gasteiger partial charge >= 0.3 is 0 Å². The Bertz CT molecular complexity index is 2020. The van der Waals surface area contributed by atoms with Crippen LogP contribution in [0.5, 0.6) is 0 Å². The average Bonchev–Trinajstić information content (AvgIpc) is 3.98. The molecular formula is C64H102O6. The molecule has 0 amide bonds. The molecule has 394 valence electrons. The largest absolute Gasteiger partial charge is 0.393 e. The Morgan fingerprint density at radius 1 is 0.414 bits per heavy atom. The Kier molecular flexibility index (Phi) is 13.7. The van der Waals surface area contributed by atoms with Crippen molar-refractivity contribution in [3.8, 4) is 0 Å². The first kappa shape index (κ1) is 52.1. The molecule has 70 heavy (non-hydrogen) atoms. The molecule has 0 aliphatic heterocycles. The van der Waals surface area contributed by atoms with Gasteiger partial charge in [-0.25, -0.2) is 0 Å². The molecule has 0 aromatic rings. The van der Waals surface area contributed by atoms with Gasteiger partial charge in [0.05, 0.1) is 11.7 Å². The van der Waals surface area contributed by atoms with Crippen molar-refractivity contribution in [2.24, 2.45) is 121 Å². The van der Waals surface area contributed by atoms with Crippen LogP contribution < -0.4 is 0 Å². The number of hydrogen-bond donors (Lipinski definition) is 2. The highest BCUT2D eigenvalue weighted by Crippen LogP contribution is 2.71. The van der Waals surface area contributed by atoms with E-state index < -0.39 is 5.60 Å². The summed E-state index contributed by atoms with van der Waals surface area (Å²) in [5.41, 5.74) is 1.67. The van der Waals surface area contributed by atoms with Gasteiger partial charge in [0.2, 0.25) is 0 Å². The zero-order valence-electron chi connectivity index (χ0n) is 46.4. The molecule has 6 heteroatoms. The van der Waals surface area contributed by atoms with Crippen molar-refractivity contribution >= 4 is 23.1 Å². The lowest BCUT2D eigenvalue weighted by molar-refractivity contribution is -0.150. The normalized spacial score (nSPS) is 55.1. The van der Waals surface area contributed by atoms with Crippen LogP contribution in [0.3, 0.4) is 0 Å². The Labute approximate surface area is 426 Å². The van der Waals surface area contributed by atoms with Crippen molar-refractivity contribution in [3.05, 3.63) is 0 Å². The molecule has 0 saturated heterocycles. The molecule has 2 N–H and O–H groups in total. The molecule has 0 heterocycles. The fourth-order valence-corrected chi connectivity index (χ4v) is 23.7. The van der Waals surface area contributed by atoms with Crippen molar-refractivity contribution in [2.45, 2.75) is 254 Å². The standard InChI is InChI=1S/C22H36O2.C21H34O2.C21H32O2/c1-14(23)17-7-8-18-16-6-5-15-13-20(2,24)11-12-21(15,3)19(16)9-10-22(17,18)4;2*1-13(22)17-6-7-18-16-5-4-14-12-15(23)8-10-20(14,2)19(16)9-11-21(17,18)3/h15-19,24H,5-13H2,1-4H3;14-19,23H,4-12H2,1-3H3;14,16-19H,4-12H2,1-3H3/t15-,16-,17+,18-,19-,20+,21-,22+;14-,15+,16-,17?,18-,19-,20-,21+;14-,16-,17+,18-,19-,20-,21+/m000/s1. The van der Waals surface area contributed by atoms with E-state index in [1.54, 1.807) is 0 Å². The zero-order valence-corrected chi connectivity index (χ0v) is 46.4. The molecule has 0 aromatic heterocycles. The molecule has 1 unspecified atom stereocenters. The van der Waals surface area contributed by atoms with Gasteiger partial charge in [-0.2, -0.15) is 0 Å². The number of Topliss-reactive ketones (excluding diaryl/α,β-unsaturated/α-hetero) is 4. The summed E-state index contributed by atoms with van der Waals surface area (Å²) in [4.78, 5) is 48.5. The minimum atomic E-state index is -0.437. The smallest absolute Gasteiger partial charge is 0.133 e. The molecule has 0 aromatic carbocycles. The molecule has 12 fully saturated rings. The van der Waals surface area contributed by atoms with Crippen molar-refractivity contribution in [1.82, 2.24) is 0 Å². The van der Waals surface area contributed by atoms with E-state index in [4.69, 9.17) is 0 Å². The number of aliphatic hydroxyl groups excluding tert-OH is 1. The first-order valence-electron chi connectivity index (χ1n) is 30.3. The van der Waals surface area contributed by atoms with Crippen LogP contribution in [0.4, 0.5) is 0 Å². The van der Waals surface area contributed by atoms with E-state index >= 15 is 0 Å². The summed E-state index contributed by atoms with van der Waals surface area (Å²) in [6.45, 7) is 22.4. The van der Waals surface area contributed by atoms with E-state index in [-0.39, 0.29) is 22.3 Å². The van der Waals surface area contributed by atoms with Crippen molar-refractivity contribution in [1.29, 1.82) is 0 Å². The maximum Gasteiger partial charge on any atom is 0.133 e. The highest BCUT2D eigenvalue weighted by Gasteiger charge is 2.64. The third kappa shape index (κ3) is 8.23. The van der Waals surface area contributed by atoms with E-state index in [0.29, 0.717) is 69.0 Å².